The predicted molar refractivity (Wildman–Crippen MR) is 97.6 cm³/mol. The second kappa shape index (κ2) is 7.49. The highest BCUT2D eigenvalue weighted by Crippen LogP contribution is 2.19. The molecule has 0 unspecified atom stereocenters. The molecule has 0 radical (unpaired) electrons. The molecule has 2 aromatic carbocycles. The van der Waals surface area contributed by atoms with E-state index in [1.165, 1.54) is 0 Å². The van der Waals surface area contributed by atoms with Crippen LogP contribution in [0.15, 0.2) is 52.4 Å². The lowest BCUT2D eigenvalue weighted by atomic mass is 10.1. The number of nitrogens with two attached hydrogens (primary N) is 1. The fourth-order valence-electron chi connectivity index (χ4n) is 2.40. The summed E-state index contributed by atoms with van der Waals surface area (Å²) in [5.74, 6) is -0.0939. The monoisotopic (exact) mass is 345 g/mol. The Bertz CT molecular complexity index is 844. The Labute approximate surface area is 143 Å². The average Bonchev–Trinajstić information content (AvgIpc) is 2.51. The van der Waals surface area contributed by atoms with E-state index in [0.717, 1.165) is 16.7 Å². The Morgan fingerprint density at radius 2 is 1.67 bits per heavy atom. The molecule has 2 aromatic rings. The van der Waals surface area contributed by atoms with E-state index in [9.17, 15) is 8.42 Å². The van der Waals surface area contributed by atoms with Gasteiger partial charge in [-0.1, -0.05) is 36.4 Å². The van der Waals surface area contributed by atoms with Crippen molar-refractivity contribution in [2.24, 2.45) is 10.7 Å². The van der Waals surface area contributed by atoms with Crippen molar-refractivity contribution in [2.45, 2.75) is 32.1 Å². The van der Waals surface area contributed by atoms with Gasteiger partial charge in [-0.2, -0.15) is 0 Å². The lowest BCUT2D eigenvalue weighted by Gasteiger charge is -2.12. The van der Waals surface area contributed by atoms with Gasteiger partial charge in [0.25, 0.3) is 10.0 Å². The molecule has 0 aromatic heterocycles. The first-order valence-corrected chi connectivity index (χ1v) is 9.22. The van der Waals surface area contributed by atoms with Crippen LogP contribution in [0.5, 0.6) is 0 Å². The van der Waals surface area contributed by atoms with Gasteiger partial charge in [-0.15, -0.1) is 0 Å². The number of rotatable bonds is 5. The maximum Gasteiger partial charge on any atom is 0.264 e. The minimum atomic E-state index is -3.73. The summed E-state index contributed by atoms with van der Waals surface area (Å²) in [6, 6.07) is 13.3. The van der Waals surface area contributed by atoms with E-state index in [4.69, 9.17) is 5.73 Å². The predicted octanol–water partition coefficient (Wildman–Crippen LogP) is 2.45. The summed E-state index contributed by atoms with van der Waals surface area (Å²) in [6.45, 7) is 6.02. The molecule has 3 N–H and O–H groups in total. The van der Waals surface area contributed by atoms with Gasteiger partial charge in [-0.05, 0) is 55.5 Å². The van der Waals surface area contributed by atoms with Crippen LogP contribution in [-0.2, 0) is 16.4 Å². The van der Waals surface area contributed by atoms with E-state index in [2.05, 4.69) is 9.71 Å². The summed E-state index contributed by atoms with van der Waals surface area (Å²) in [6.07, 6.45) is 0.700. The smallest absolute Gasteiger partial charge is 0.264 e. The maximum absolute atomic E-state index is 12.5. The van der Waals surface area contributed by atoms with Crippen molar-refractivity contribution in [1.29, 1.82) is 0 Å². The molecule has 0 saturated heterocycles. The highest BCUT2D eigenvalue weighted by molar-refractivity contribution is 7.90. The van der Waals surface area contributed by atoms with Gasteiger partial charge < -0.3 is 5.73 Å². The van der Waals surface area contributed by atoms with Gasteiger partial charge in [0.15, 0.2) is 0 Å². The number of nitrogens with zero attached hydrogens (tertiary/aromatic N) is 1. The lowest BCUT2D eigenvalue weighted by molar-refractivity contribution is 0.591. The van der Waals surface area contributed by atoms with Crippen molar-refractivity contribution in [2.75, 3.05) is 6.54 Å². The molecule has 128 valence electrons. The van der Waals surface area contributed by atoms with Gasteiger partial charge >= 0.3 is 0 Å². The number of benzene rings is 2. The van der Waals surface area contributed by atoms with Crippen molar-refractivity contribution in [3.05, 3.63) is 64.7 Å². The van der Waals surface area contributed by atoms with Crippen LogP contribution in [0.1, 0.15) is 22.3 Å². The molecule has 0 aliphatic rings. The van der Waals surface area contributed by atoms with Crippen LogP contribution in [0, 0.1) is 20.8 Å². The molecule has 2 rings (SSSR count). The third-order valence-electron chi connectivity index (χ3n) is 3.85. The van der Waals surface area contributed by atoms with Crippen LogP contribution in [0.25, 0.3) is 0 Å². The number of aryl methyl sites for hydroxylation is 3. The summed E-state index contributed by atoms with van der Waals surface area (Å²) < 4.78 is 27.3. The highest BCUT2D eigenvalue weighted by Gasteiger charge is 2.18. The molecule has 24 heavy (non-hydrogen) atoms. The molecular formula is C18H23N3O2S. The number of hydrogen-bond acceptors (Lipinski definition) is 3. The molecule has 0 amide bonds. The summed E-state index contributed by atoms with van der Waals surface area (Å²) in [4.78, 5) is 4.33. The largest absolute Gasteiger partial charge is 0.369 e. The summed E-state index contributed by atoms with van der Waals surface area (Å²) in [7, 11) is -3.73. The van der Waals surface area contributed by atoms with Crippen molar-refractivity contribution < 1.29 is 8.42 Å². The minimum absolute atomic E-state index is 0.0939. The van der Waals surface area contributed by atoms with E-state index in [1.54, 1.807) is 13.0 Å². The van der Waals surface area contributed by atoms with Crippen LogP contribution in [0.4, 0.5) is 0 Å². The van der Waals surface area contributed by atoms with Crippen LogP contribution in [-0.4, -0.2) is 20.9 Å². The first-order chi connectivity index (χ1) is 11.3. The van der Waals surface area contributed by atoms with Crippen LogP contribution < -0.4 is 10.5 Å². The number of hydrogen-bond donors (Lipinski definition) is 2. The van der Waals surface area contributed by atoms with Gasteiger partial charge in [0.1, 0.15) is 0 Å². The summed E-state index contributed by atoms with van der Waals surface area (Å²) >= 11 is 0. The number of guanidine groups is 1. The first-order valence-electron chi connectivity index (χ1n) is 7.74. The second-order valence-electron chi connectivity index (χ2n) is 5.81. The van der Waals surface area contributed by atoms with E-state index in [0.29, 0.717) is 18.5 Å². The lowest BCUT2D eigenvalue weighted by Crippen LogP contribution is -2.37. The molecule has 0 fully saturated rings. The molecule has 0 atom stereocenters. The van der Waals surface area contributed by atoms with Crippen LogP contribution in [0.3, 0.4) is 0 Å². The Balaban J connectivity index is 2.08. The fraction of sp³-hybridized carbons (Fsp3) is 0.278. The minimum Gasteiger partial charge on any atom is -0.369 e. The zero-order chi connectivity index (χ0) is 17.7. The molecule has 0 aliphatic heterocycles. The van der Waals surface area contributed by atoms with E-state index in [-0.39, 0.29) is 10.9 Å². The van der Waals surface area contributed by atoms with E-state index < -0.39 is 10.0 Å². The topological polar surface area (TPSA) is 84.5 Å². The normalized spacial score (nSPS) is 12.2. The van der Waals surface area contributed by atoms with Crippen LogP contribution >= 0.6 is 0 Å². The molecular weight excluding hydrogens is 322 g/mol. The Morgan fingerprint density at radius 1 is 1.04 bits per heavy atom. The summed E-state index contributed by atoms with van der Waals surface area (Å²) in [5, 5.41) is 0. The highest BCUT2D eigenvalue weighted by atomic mass is 32.2. The Hall–Kier alpha value is -2.34. The van der Waals surface area contributed by atoms with Crippen molar-refractivity contribution >= 4 is 16.0 Å². The summed E-state index contributed by atoms with van der Waals surface area (Å²) in [5.41, 5.74) is 9.52. The average molecular weight is 345 g/mol. The zero-order valence-corrected chi connectivity index (χ0v) is 15.0. The number of nitrogens with one attached hydrogen (secondary N) is 1. The molecule has 0 aliphatic carbocycles. The molecule has 0 saturated carbocycles. The van der Waals surface area contributed by atoms with Crippen molar-refractivity contribution in [1.82, 2.24) is 4.72 Å². The molecule has 0 bridgehead atoms. The van der Waals surface area contributed by atoms with Gasteiger partial charge in [-0.25, -0.2) is 13.1 Å². The zero-order valence-electron chi connectivity index (χ0n) is 14.2. The van der Waals surface area contributed by atoms with Gasteiger partial charge in [0.2, 0.25) is 5.96 Å². The van der Waals surface area contributed by atoms with Crippen molar-refractivity contribution in [3.8, 4) is 0 Å². The van der Waals surface area contributed by atoms with E-state index in [1.807, 2.05) is 50.2 Å². The fourth-order valence-corrected chi connectivity index (χ4v) is 3.66. The Kier molecular flexibility index (Phi) is 5.62. The molecule has 6 heteroatoms. The molecule has 5 nitrogen and oxygen atoms in total. The quantitative estimate of drug-likeness (QED) is 0.645. The Morgan fingerprint density at radius 3 is 2.33 bits per heavy atom. The van der Waals surface area contributed by atoms with Gasteiger partial charge in [0, 0.05) is 6.54 Å². The third kappa shape index (κ3) is 4.58. The van der Waals surface area contributed by atoms with Gasteiger partial charge in [0.05, 0.1) is 4.90 Å². The van der Waals surface area contributed by atoms with Crippen molar-refractivity contribution in [3.63, 3.8) is 0 Å². The second-order valence-corrected chi connectivity index (χ2v) is 7.46. The molecule has 0 spiro atoms. The molecule has 0 heterocycles. The van der Waals surface area contributed by atoms with Gasteiger partial charge in [-0.3, -0.25) is 4.99 Å². The number of sulfonamides is 1. The SMILES string of the molecule is Cc1cc(C)c(S(=O)(=O)NC(N)=NCCc2ccccc2)cc1C. The van der Waals surface area contributed by atoms with E-state index >= 15 is 0 Å². The van der Waals surface area contributed by atoms with Crippen LogP contribution in [0.2, 0.25) is 0 Å². The third-order valence-corrected chi connectivity index (χ3v) is 5.34. The first kappa shape index (κ1) is 18.0. The standard InChI is InChI=1S/C18H23N3O2S/c1-13-11-15(3)17(12-14(13)2)24(22,23)21-18(19)20-10-9-16-7-5-4-6-8-16/h4-8,11-12H,9-10H2,1-3H3,(H3,19,20,21). The number of aliphatic imine (C=N–C) groups is 1. The maximum atomic E-state index is 12.5.